The number of hydrogen-bond acceptors (Lipinski definition) is 3. The Bertz CT molecular complexity index is 447. The molecule has 0 saturated heterocycles. The van der Waals surface area contributed by atoms with E-state index in [9.17, 15) is 4.79 Å². The molecule has 0 aromatic heterocycles. The van der Waals surface area contributed by atoms with Crippen molar-refractivity contribution in [2.24, 2.45) is 5.73 Å². The lowest BCUT2D eigenvalue weighted by Gasteiger charge is -2.31. The maximum absolute atomic E-state index is 12.3. The minimum absolute atomic E-state index is 0. The first-order valence-electron chi connectivity index (χ1n) is 6.31. The molecular formula is C14H21ClN2O2. The topological polar surface area (TPSA) is 55.6 Å². The molecule has 0 spiro atoms. The minimum atomic E-state index is -0.544. The summed E-state index contributed by atoms with van der Waals surface area (Å²) in [5, 5.41) is 0. The number of fused-ring (bicyclic) bond motifs is 1. The fourth-order valence-corrected chi connectivity index (χ4v) is 2.43. The molecule has 19 heavy (non-hydrogen) atoms. The van der Waals surface area contributed by atoms with Gasteiger partial charge in [0.1, 0.15) is 6.10 Å². The predicted molar refractivity (Wildman–Crippen MR) is 79.0 cm³/mol. The van der Waals surface area contributed by atoms with Crippen LogP contribution in [0.15, 0.2) is 18.2 Å². The van der Waals surface area contributed by atoms with Crippen molar-refractivity contribution in [1.29, 1.82) is 0 Å². The number of benzene rings is 1. The van der Waals surface area contributed by atoms with E-state index in [1.807, 2.05) is 12.1 Å². The Hall–Kier alpha value is -1.10. The Labute approximate surface area is 120 Å². The number of nitrogens with zero attached hydrogens (tertiary/aromatic N) is 1. The van der Waals surface area contributed by atoms with Crippen LogP contribution < -0.4 is 10.6 Å². The van der Waals surface area contributed by atoms with Crippen molar-refractivity contribution < 1.29 is 9.53 Å². The summed E-state index contributed by atoms with van der Waals surface area (Å²) in [6.07, 6.45) is 1.47. The van der Waals surface area contributed by atoms with Crippen molar-refractivity contribution in [2.75, 3.05) is 25.1 Å². The lowest BCUT2D eigenvalue weighted by molar-refractivity contribution is -0.127. The number of ether oxygens (including phenoxy) is 1. The minimum Gasteiger partial charge on any atom is -0.370 e. The first kappa shape index (κ1) is 16.0. The van der Waals surface area contributed by atoms with Gasteiger partial charge in [-0.25, -0.2) is 0 Å². The highest BCUT2D eigenvalue weighted by Gasteiger charge is 2.27. The van der Waals surface area contributed by atoms with Crippen LogP contribution in [-0.2, 0) is 16.0 Å². The number of nitrogens with two attached hydrogens (primary N) is 1. The van der Waals surface area contributed by atoms with Gasteiger partial charge in [0.05, 0.1) is 0 Å². The van der Waals surface area contributed by atoms with Crippen molar-refractivity contribution in [3.05, 3.63) is 29.3 Å². The van der Waals surface area contributed by atoms with Gasteiger partial charge in [0, 0.05) is 25.9 Å². The molecule has 1 aromatic rings. The van der Waals surface area contributed by atoms with Gasteiger partial charge >= 0.3 is 0 Å². The van der Waals surface area contributed by atoms with E-state index in [1.165, 1.54) is 18.2 Å². The zero-order chi connectivity index (χ0) is 13.1. The molecular weight excluding hydrogens is 264 g/mol. The van der Waals surface area contributed by atoms with Gasteiger partial charge in [0.2, 0.25) is 0 Å². The molecule has 1 unspecified atom stereocenters. The third-order valence-corrected chi connectivity index (χ3v) is 3.39. The summed E-state index contributed by atoms with van der Waals surface area (Å²) in [5.74, 6) is -0.0372. The number of hydrogen-bond donors (Lipinski definition) is 1. The molecule has 5 heteroatoms. The highest BCUT2D eigenvalue weighted by molar-refractivity contribution is 5.97. The van der Waals surface area contributed by atoms with Gasteiger partial charge in [0.15, 0.2) is 0 Å². The molecule has 4 nitrogen and oxygen atoms in total. The number of aryl methyl sites for hydroxylation is 2. The molecule has 0 fully saturated rings. The second-order valence-corrected chi connectivity index (χ2v) is 4.69. The first-order valence-corrected chi connectivity index (χ1v) is 6.31. The number of methoxy groups -OCH3 is 1. The molecule has 0 saturated carbocycles. The van der Waals surface area contributed by atoms with E-state index in [1.54, 1.807) is 4.90 Å². The summed E-state index contributed by atoms with van der Waals surface area (Å²) >= 11 is 0. The van der Waals surface area contributed by atoms with E-state index >= 15 is 0 Å². The maximum atomic E-state index is 12.3. The van der Waals surface area contributed by atoms with Gasteiger partial charge in [0.25, 0.3) is 5.91 Å². The summed E-state index contributed by atoms with van der Waals surface area (Å²) in [7, 11) is 1.52. The van der Waals surface area contributed by atoms with Gasteiger partial charge in [-0.2, -0.15) is 0 Å². The second kappa shape index (κ2) is 6.89. The van der Waals surface area contributed by atoms with E-state index < -0.39 is 6.10 Å². The van der Waals surface area contributed by atoms with Gasteiger partial charge < -0.3 is 15.4 Å². The van der Waals surface area contributed by atoms with Gasteiger partial charge in [-0.05, 0) is 31.4 Å². The van der Waals surface area contributed by atoms with Crippen LogP contribution in [0.5, 0.6) is 0 Å². The van der Waals surface area contributed by atoms with Crippen molar-refractivity contribution in [3.8, 4) is 0 Å². The van der Waals surface area contributed by atoms with E-state index in [0.29, 0.717) is 0 Å². The summed E-state index contributed by atoms with van der Waals surface area (Å²) in [6.45, 7) is 3.03. The summed E-state index contributed by atoms with van der Waals surface area (Å²) in [6, 6.07) is 6.21. The van der Waals surface area contributed by atoms with E-state index in [4.69, 9.17) is 10.5 Å². The monoisotopic (exact) mass is 284 g/mol. The molecule has 0 aliphatic carbocycles. The number of rotatable bonds is 3. The van der Waals surface area contributed by atoms with Crippen molar-refractivity contribution in [2.45, 2.75) is 25.9 Å². The highest BCUT2D eigenvalue weighted by atomic mass is 35.5. The molecule has 1 aromatic carbocycles. The summed E-state index contributed by atoms with van der Waals surface area (Å²) in [4.78, 5) is 14.1. The smallest absolute Gasteiger partial charge is 0.257 e. The normalized spacial score (nSPS) is 15.4. The Balaban J connectivity index is 0.00000180. The zero-order valence-electron chi connectivity index (χ0n) is 11.4. The van der Waals surface area contributed by atoms with Crippen molar-refractivity contribution in [1.82, 2.24) is 0 Å². The van der Waals surface area contributed by atoms with Gasteiger partial charge in [-0.1, -0.05) is 17.7 Å². The molecule has 1 aliphatic heterocycles. The molecule has 0 bridgehead atoms. The van der Waals surface area contributed by atoms with E-state index in [0.717, 1.165) is 25.1 Å². The molecule has 2 N–H and O–H groups in total. The van der Waals surface area contributed by atoms with Crippen molar-refractivity contribution >= 4 is 24.0 Å². The molecule has 1 heterocycles. The predicted octanol–water partition coefficient (Wildman–Crippen LogP) is 1.67. The molecule has 2 rings (SSSR count). The average molecular weight is 285 g/mol. The van der Waals surface area contributed by atoms with Gasteiger partial charge in [-0.15, -0.1) is 12.4 Å². The Morgan fingerprint density at radius 1 is 1.53 bits per heavy atom. The summed E-state index contributed by atoms with van der Waals surface area (Å²) < 4.78 is 5.14. The fourth-order valence-electron chi connectivity index (χ4n) is 2.43. The number of halogens is 1. The lowest BCUT2D eigenvalue weighted by atomic mass is 9.99. The second-order valence-electron chi connectivity index (χ2n) is 4.69. The third-order valence-electron chi connectivity index (χ3n) is 3.39. The molecule has 0 radical (unpaired) electrons. The van der Waals surface area contributed by atoms with Crippen LogP contribution in [0.2, 0.25) is 0 Å². The van der Waals surface area contributed by atoms with Crippen molar-refractivity contribution in [3.63, 3.8) is 0 Å². The van der Waals surface area contributed by atoms with E-state index in [-0.39, 0.29) is 24.9 Å². The van der Waals surface area contributed by atoms with E-state index in [2.05, 4.69) is 13.0 Å². The first-order chi connectivity index (χ1) is 8.67. The van der Waals surface area contributed by atoms with Crippen LogP contribution in [0.1, 0.15) is 17.5 Å². The average Bonchev–Trinajstić information content (AvgIpc) is 2.39. The Morgan fingerprint density at radius 2 is 2.26 bits per heavy atom. The highest BCUT2D eigenvalue weighted by Crippen LogP contribution is 2.28. The third kappa shape index (κ3) is 3.26. The number of amides is 1. The Morgan fingerprint density at radius 3 is 2.89 bits per heavy atom. The van der Waals surface area contributed by atoms with Crippen LogP contribution in [0.25, 0.3) is 0 Å². The number of carbonyl (C=O) groups is 1. The van der Waals surface area contributed by atoms with Crippen LogP contribution in [0.4, 0.5) is 5.69 Å². The summed E-state index contributed by atoms with van der Waals surface area (Å²) in [5.41, 5.74) is 9.03. The zero-order valence-corrected chi connectivity index (χ0v) is 12.2. The number of anilines is 1. The number of carbonyl (C=O) groups excluding carboxylic acids is 1. The van der Waals surface area contributed by atoms with Gasteiger partial charge in [-0.3, -0.25) is 4.79 Å². The largest absolute Gasteiger partial charge is 0.370 e. The quantitative estimate of drug-likeness (QED) is 0.919. The lowest BCUT2D eigenvalue weighted by Crippen LogP contribution is -2.45. The Kier molecular flexibility index (Phi) is 5.79. The van der Waals surface area contributed by atoms with Crippen LogP contribution >= 0.6 is 12.4 Å². The fraction of sp³-hybridized carbons (Fsp3) is 0.500. The standard InChI is InChI=1S/C14H20N2O2.ClH/c1-10-5-6-12-11(8-10)4-3-7-16(12)14(17)13(9-15)18-2;/h5-6,8,13H,3-4,7,9,15H2,1-2H3;1H. The molecule has 1 aliphatic rings. The maximum Gasteiger partial charge on any atom is 0.257 e. The van der Waals surface area contributed by atoms with Crippen LogP contribution in [0.3, 0.4) is 0 Å². The van der Waals surface area contributed by atoms with Crippen LogP contribution in [-0.4, -0.2) is 32.2 Å². The van der Waals surface area contributed by atoms with Crippen LogP contribution in [0, 0.1) is 6.92 Å². The molecule has 1 amide bonds. The SMILES string of the molecule is COC(CN)C(=O)N1CCCc2cc(C)ccc21.Cl. The molecule has 1 atom stereocenters. The molecule has 106 valence electrons.